The molecule has 0 saturated heterocycles. The summed E-state index contributed by atoms with van der Waals surface area (Å²) in [6.45, 7) is 0. The van der Waals surface area contributed by atoms with Gasteiger partial charge in [-0.25, -0.2) is 0 Å². The standard InChI is InChI=1S/C20H7Cl12NO5S/c21-11-13(23)17(27)9-7(15(11,25)19(17,29)30)3-1-5(33(34)35)6(39(36,37)38)2-4(3)8-10(9)18(28)14(24)12(22)16(8,26)20(18,31)32/h1-2,7-10H,(H,36,37,38)/t7-,8-,9+,10+,15+,16+,17+,18+/m1/s1. The van der Waals surface area contributed by atoms with Gasteiger partial charge in [0, 0.05) is 29.7 Å². The van der Waals surface area contributed by atoms with Gasteiger partial charge in [0.15, 0.2) is 13.6 Å². The Bertz CT molecular complexity index is 1630. The van der Waals surface area contributed by atoms with Crippen LogP contribution in [0.15, 0.2) is 37.2 Å². The van der Waals surface area contributed by atoms with E-state index in [2.05, 4.69) is 0 Å². The van der Waals surface area contributed by atoms with E-state index < -0.39 is 77.5 Å². The van der Waals surface area contributed by atoms with Crippen molar-refractivity contribution in [1.82, 2.24) is 0 Å². The highest BCUT2D eigenvalue weighted by molar-refractivity contribution is 7.86. The first kappa shape index (κ1) is 30.5. The minimum absolute atomic E-state index is 0.0115. The lowest BCUT2D eigenvalue weighted by atomic mass is 9.57. The van der Waals surface area contributed by atoms with Crippen LogP contribution in [-0.4, -0.2) is 46.1 Å². The third kappa shape index (κ3) is 2.85. The summed E-state index contributed by atoms with van der Waals surface area (Å²) in [5.74, 6) is -4.76. The molecule has 0 unspecified atom stereocenters. The molecule has 0 spiro atoms. The van der Waals surface area contributed by atoms with Crippen molar-refractivity contribution in [3.05, 3.63) is 53.5 Å². The molecule has 1 N–H and O–H groups in total. The van der Waals surface area contributed by atoms with Gasteiger partial charge in [-0.3, -0.25) is 14.7 Å². The fourth-order valence-corrected chi connectivity index (χ4v) is 14.0. The Balaban J connectivity index is 1.84. The maximum Gasteiger partial charge on any atom is 0.301 e. The van der Waals surface area contributed by atoms with Gasteiger partial charge >= 0.3 is 10.1 Å². The monoisotopic (exact) mass is 793 g/mol. The molecule has 0 aliphatic heterocycles. The van der Waals surface area contributed by atoms with Gasteiger partial charge in [0.2, 0.25) is 0 Å². The number of benzene rings is 1. The number of hydrogen-bond acceptors (Lipinski definition) is 4. The van der Waals surface area contributed by atoms with Crippen LogP contribution in [0.2, 0.25) is 0 Å². The first-order valence-electron chi connectivity index (χ1n) is 10.5. The van der Waals surface area contributed by atoms with Gasteiger partial charge in [0.05, 0.1) is 25.1 Å². The SMILES string of the molecule is O=[N+]([O-])c1cc2c(cc1S(=O)(=O)O)[C@@H]1[C@@H]([C@@H]3[C@@H]2[C@]2(Cl)C(Cl)=C(Cl)[C@]3(Cl)C2(Cl)Cl)[C@]2(Cl)C(Cl)=C(Cl)[C@]1(Cl)C2(Cl)Cl. The second kappa shape index (κ2) is 8.20. The Hall–Kier alpha value is 1.49. The Labute approximate surface area is 280 Å². The van der Waals surface area contributed by atoms with Crippen LogP contribution >= 0.6 is 139 Å². The fraction of sp³-hybridized carbons (Fsp3) is 0.500. The molecule has 2 fully saturated rings. The number of halogens is 12. The van der Waals surface area contributed by atoms with Gasteiger partial charge in [-0.2, -0.15) is 8.42 Å². The molecule has 2 saturated carbocycles. The maximum atomic E-state index is 12.3. The summed E-state index contributed by atoms with van der Waals surface area (Å²) in [6.07, 6.45) is 0. The van der Waals surface area contributed by atoms with Crippen molar-refractivity contribution in [2.24, 2.45) is 11.8 Å². The van der Waals surface area contributed by atoms with E-state index in [1.807, 2.05) is 0 Å². The van der Waals surface area contributed by atoms with Crippen molar-refractivity contribution >= 4 is 155 Å². The quantitative estimate of drug-likeness (QED) is 0.140. The maximum absolute atomic E-state index is 12.3. The van der Waals surface area contributed by atoms with Crippen LogP contribution in [0.25, 0.3) is 0 Å². The van der Waals surface area contributed by atoms with Crippen molar-refractivity contribution in [1.29, 1.82) is 0 Å². The van der Waals surface area contributed by atoms with Gasteiger partial charge in [0.1, 0.15) is 19.5 Å². The second-order valence-corrected chi connectivity index (χ2v) is 17.9. The number of nitro groups is 1. The third-order valence-electron chi connectivity index (χ3n) is 8.68. The summed E-state index contributed by atoms with van der Waals surface area (Å²) in [7, 11) is -5.17. The first-order chi connectivity index (χ1) is 17.5. The summed E-state index contributed by atoms with van der Waals surface area (Å²) >= 11 is 82.5. The Morgan fingerprint density at radius 1 is 0.692 bits per heavy atom. The molecule has 6 nitrogen and oxygen atoms in total. The number of allylic oxidation sites excluding steroid dienone is 4. The Morgan fingerprint density at radius 2 is 1.03 bits per heavy atom. The van der Waals surface area contributed by atoms with E-state index in [9.17, 15) is 23.1 Å². The van der Waals surface area contributed by atoms with E-state index in [1.165, 1.54) is 0 Å². The van der Waals surface area contributed by atoms with Crippen LogP contribution in [0, 0.1) is 22.0 Å². The van der Waals surface area contributed by atoms with Crippen LogP contribution in [0.5, 0.6) is 0 Å². The molecule has 0 heterocycles. The van der Waals surface area contributed by atoms with Gasteiger partial charge in [-0.1, -0.05) is 92.8 Å². The van der Waals surface area contributed by atoms with E-state index in [4.69, 9.17) is 139 Å². The summed E-state index contributed by atoms with van der Waals surface area (Å²) in [5.41, 5.74) is -0.984. The summed E-state index contributed by atoms with van der Waals surface area (Å²) in [5, 5.41) is 11.1. The number of alkyl halides is 8. The number of fused-ring (bicyclic) bond motifs is 14. The first-order valence-corrected chi connectivity index (χ1v) is 16.4. The third-order valence-corrected chi connectivity index (χ3v) is 18.1. The highest BCUT2D eigenvalue weighted by Gasteiger charge is 2.92. The van der Waals surface area contributed by atoms with E-state index in [1.54, 1.807) is 0 Å². The topological polar surface area (TPSA) is 97.5 Å². The molecule has 1 aromatic carbocycles. The zero-order chi connectivity index (χ0) is 29.4. The molecule has 0 aromatic heterocycles. The van der Waals surface area contributed by atoms with Crippen molar-refractivity contribution in [3.63, 3.8) is 0 Å². The predicted molar refractivity (Wildman–Crippen MR) is 156 cm³/mol. The van der Waals surface area contributed by atoms with E-state index in [-0.39, 0.29) is 31.3 Å². The number of nitro benzene ring substituents is 1. The predicted octanol–water partition coefficient (Wildman–Crippen LogP) is 8.95. The van der Waals surface area contributed by atoms with Crippen LogP contribution in [0.1, 0.15) is 23.0 Å². The van der Waals surface area contributed by atoms with Crippen LogP contribution in [-0.2, 0) is 10.1 Å². The molecule has 5 aliphatic rings. The zero-order valence-electron chi connectivity index (χ0n) is 17.9. The lowest BCUT2D eigenvalue weighted by molar-refractivity contribution is -0.388. The summed E-state index contributed by atoms with van der Waals surface area (Å²) < 4.78 is 30.1. The Kier molecular flexibility index (Phi) is 6.41. The molecular weight excluding hydrogens is 792 g/mol. The van der Waals surface area contributed by atoms with Gasteiger partial charge in [0.25, 0.3) is 5.69 Å². The zero-order valence-corrected chi connectivity index (χ0v) is 27.8. The minimum Gasteiger partial charge on any atom is -0.282 e. The van der Waals surface area contributed by atoms with Gasteiger partial charge in [-0.05, 0) is 17.2 Å². The summed E-state index contributed by atoms with van der Waals surface area (Å²) in [6, 6.07) is 1.76. The van der Waals surface area contributed by atoms with Crippen molar-refractivity contribution in [3.8, 4) is 0 Å². The molecule has 0 radical (unpaired) electrons. The molecule has 8 atom stereocenters. The second-order valence-electron chi connectivity index (χ2n) is 9.94. The van der Waals surface area contributed by atoms with E-state index in [0.717, 1.165) is 12.1 Å². The smallest absolute Gasteiger partial charge is 0.282 e. The van der Waals surface area contributed by atoms with E-state index >= 15 is 0 Å². The van der Waals surface area contributed by atoms with Gasteiger partial charge in [-0.15, -0.1) is 46.4 Å². The summed E-state index contributed by atoms with van der Waals surface area (Å²) in [4.78, 5) is 1.87. The molecule has 6 rings (SSSR count). The number of rotatable bonds is 2. The normalized spacial score (nSPS) is 44.5. The van der Waals surface area contributed by atoms with Crippen LogP contribution < -0.4 is 0 Å². The number of nitrogens with zero attached hydrogens (tertiary/aromatic N) is 1. The molecule has 4 bridgehead atoms. The largest absolute Gasteiger partial charge is 0.301 e. The molecule has 39 heavy (non-hydrogen) atoms. The Morgan fingerprint density at radius 3 is 1.36 bits per heavy atom. The number of hydrogen-bond donors (Lipinski definition) is 1. The minimum atomic E-state index is -5.17. The molecule has 1 aromatic rings. The molecule has 212 valence electrons. The van der Waals surface area contributed by atoms with Crippen molar-refractivity contribution < 1.29 is 17.9 Å². The van der Waals surface area contributed by atoms with E-state index in [0.29, 0.717) is 0 Å². The highest BCUT2D eigenvalue weighted by Crippen LogP contribution is 2.88. The lowest BCUT2D eigenvalue weighted by Crippen LogP contribution is -2.53. The lowest BCUT2D eigenvalue weighted by Gasteiger charge is -2.52. The van der Waals surface area contributed by atoms with Gasteiger partial charge < -0.3 is 0 Å². The van der Waals surface area contributed by atoms with Crippen LogP contribution in [0.3, 0.4) is 0 Å². The molecule has 19 heteroatoms. The molecular formula is C20H7Cl12NO5S. The van der Waals surface area contributed by atoms with Crippen LogP contribution in [0.4, 0.5) is 5.69 Å². The molecule has 0 amide bonds. The average molecular weight is 799 g/mol. The fourth-order valence-electron chi connectivity index (χ4n) is 7.26. The highest BCUT2D eigenvalue weighted by atomic mass is 35.5. The van der Waals surface area contributed by atoms with Crippen molar-refractivity contribution in [2.45, 2.75) is 44.9 Å². The molecule has 5 aliphatic carbocycles. The van der Waals surface area contributed by atoms with Crippen molar-refractivity contribution in [2.75, 3.05) is 0 Å². The average Bonchev–Trinajstić information content (AvgIpc) is 3.16.